The first kappa shape index (κ1) is 15.6. The van der Waals surface area contributed by atoms with E-state index in [1.54, 1.807) is 37.6 Å². The van der Waals surface area contributed by atoms with Crippen LogP contribution in [-0.2, 0) is 16.1 Å². The number of hydrogen-bond donors (Lipinski definition) is 0. The highest BCUT2D eigenvalue weighted by molar-refractivity contribution is 5.87. The molecule has 3 aromatic rings. The topological polar surface area (TPSA) is 74.7 Å². The molecule has 0 N–H and O–H groups in total. The first-order valence-electron chi connectivity index (χ1n) is 7.23. The normalized spacial score (nSPS) is 10.9. The Hall–Kier alpha value is -3.28. The number of rotatable bonds is 6. The molecule has 122 valence electrons. The summed E-state index contributed by atoms with van der Waals surface area (Å²) in [5, 5.41) is 3.83. The summed E-state index contributed by atoms with van der Waals surface area (Å²) < 4.78 is 20.5. The minimum atomic E-state index is -0.464. The fourth-order valence-corrected chi connectivity index (χ4v) is 1.99. The summed E-state index contributed by atoms with van der Waals surface area (Å²) in [7, 11) is 1.60. The van der Waals surface area contributed by atoms with Crippen molar-refractivity contribution in [2.24, 2.45) is 0 Å². The van der Waals surface area contributed by atoms with E-state index >= 15 is 0 Å². The third-order valence-electron chi connectivity index (χ3n) is 3.21. The minimum Gasteiger partial charge on any atom is -0.497 e. The van der Waals surface area contributed by atoms with E-state index in [0.29, 0.717) is 17.2 Å². The quantitative estimate of drug-likeness (QED) is 0.508. The molecule has 0 saturated heterocycles. The van der Waals surface area contributed by atoms with Gasteiger partial charge in [0.2, 0.25) is 5.76 Å². The number of ether oxygens (including phenoxy) is 2. The number of nitrogens with zero attached hydrogens (tertiary/aromatic N) is 1. The van der Waals surface area contributed by atoms with E-state index in [0.717, 1.165) is 11.3 Å². The van der Waals surface area contributed by atoms with Gasteiger partial charge >= 0.3 is 5.97 Å². The Bertz CT molecular complexity index is 815. The summed E-state index contributed by atoms with van der Waals surface area (Å²) in [6.07, 6.45) is 4.57. The Kier molecular flexibility index (Phi) is 4.76. The molecule has 6 nitrogen and oxygen atoms in total. The maximum absolute atomic E-state index is 11.7. The van der Waals surface area contributed by atoms with E-state index in [9.17, 15) is 4.79 Å². The smallest absolute Gasteiger partial charge is 0.331 e. The van der Waals surface area contributed by atoms with Gasteiger partial charge in [-0.3, -0.25) is 0 Å². The zero-order valence-corrected chi connectivity index (χ0v) is 13.0. The first-order valence-corrected chi connectivity index (χ1v) is 7.23. The molecule has 0 atom stereocenters. The van der Waals surface area contributed by atoms with Crippen LogP contribution in [0.2, 0.25) is 0 Å². The average Bonchev–Trinajstić information content (AvgIpc) is 3.29. The molecule has 0 unspecified atom stereocenters. The standard InChI is InChI=1S/C18H15NO5/c1-21-15-7-4-13(5-8-15)6-9-18(20)23-12-14-11-17(24-19-14)16-3-2-10-22-16/h2-11H,12H2,1H3/b9-6+. The molecule has 2 aromatic heterocycles. The lowest BCUT2D eigenvalue weighted by Crippen LogP contribution is -2.00. The highest BCUT2D eigenvalue weighted by atomic mass is 16.5. The Balaban J connectivity index is 1.52. The molecule has 0 aliphatic rings. The second kappa shape index (κ2) is 7.32. The third-order valence-corrected chi connectivity index (χ3v) is 3.21. The Morgan fingerprint density at radius 2 is 2.04 bits per heavy atom. The SMILES string of the molecule is COc1ccc(/C=C/C(=O)OCc2cc(-c3ccco3)on2)cc1. The van der Waals surface area contributed by atoms with E-state index in [1.165, 1.54) is 6.08 Å². The molecule has 0 radical (unpaired) electrons. The minimum absolute atomic E-state index is 0.0238. The van der Waals surface area contributed by atoms with Gasteiger partial charge < -0.3 is 18.4 Å². The lowest BCUT2D eigenvalue weighted by atomic mass is 10.2. The van der Waals surface area contributed by atoms with Crippen molar-refractivity contribution in [3.05, 3.63) is 66.1 Å². The van der Waals surface area contributed by atoms with E-state index in [1.807, 2.05) is 24.3 Å². The van der Waals surface area contributed by atoms with E-state index in [4.69, 9.17) is 18.4 Å². The zero-order valence-electron chi connectivity index (χ0n) is 13.0. The number of carbonyl (C=O) groups is 1. The average molecular weight is 325 g/mol. The van der Waals surface area contributed by atoms with Crippen molar-refractivity contribution in [1.29, 1.82) is 0 Å². The molecular formula is C18H15NO5. The van der Waals surface area contributed by atoms with Gasteiger partial charge in [-0.05, 0) is 35.9 Å². The summed E-state index contributed by atoms with van der Waals surface area (Å²) in [6, 6.07) is 12.5. The Labute approximate surface area is 138 Å². The van der Waals surface area contributed by atoms with Crippen LogP contribution >= 0.6 is 0 Å². The van der Waals surface area contributed by atoms with Crippen molar-refractivity contribution in [3.8, 4) is 17.3 Å². The molecular weight excluding hydrogens is 310 g/mol. The zero-order chi connectivity index (χ0) is 16.8. The van der Waals surface area contributed by atoms with Crippen molar-refractivity contribution < 1.29 is 23.2 Å². The van der Waals surface area contributed by atoms with Crippen molar-refractivity contribution in [2.75, 3.05) is 7.11 Å². The van der Waals surface area contributed by atoms with Gasteiger partial charge in [-0.25, -0.2) is 4.79 Å². The third kappa shape index (κ3) is 3.92. The Morgan fingerprint density at radius 1 is 1.21 bits per heavy atom. The molecule has 3 rings (SSSR count). The summed E-state index contributed by atoms with van der Waals surface area (Å²) in [5.41, 5.74) is 1.38. The van der Waals surface area contributed by atoms with Crippen LogP contribution < -0.4 is 4.74 Å². The van der Waals surface area contributed by atoms with Crippen LogP contribution in [0.25, 0.3) is 17.6 Å². The van der Waals surface area contributed by atoms with Crippen LogP contribution in [0.15, 0.2) is 63.7 Å². The van der Waals surface area contributed by atoms with Crippen LogP contribution in [0, 0.1) is 0 Å². The number of benzene rings is 1. The van der Waals surface area contributed by atoms with Crippen LogP contribution in [0.4, 0.5) is 0 Å². The lowest BCUT2D eigenvalue weighted by molar-refractivity contribution is -0.139. The summed E-state index contributed by atoms with van der Waals surface area (Å²) in [6.45, 7) is 0.0238. The molecule has 1 aromatic carbocycles. The highest BCUT2D eigenvalue weighted by Gasteiger charge is 2.10. The van der Waals surface area contributed by atoms with Gasteiger partial charge in [0.15, 0.2) is 5.76 Å². The van der Waals surface area contributed by atoms with Crippen LogP contribution in [0.5, 0.6) is 5.75 Å². The van der Waals surface area contributed by atoms with Crippen LogP contribution in [0.3, 0.4) is 0 Å². The second-order valence-corrected chi connectivity index (χ2v) is 4.87. The maximum atomic E-state index is 11.7. The van der Waals surface area contributed by atoms with Gasteiger partial charge in [-0.15, -0.1) is 0 Å². The number of furan rings is 1. The maximum Gasteiger partial charge on any atom is 0.331 e. The van der Waals surface area contributed by atoms with Gasteiger partial charge in [0.25, 0.3) is 0 Å². The van der Waals surface area contributed by atoms with E-state index < -0.39 is 5.97 Å². The highest BCUT2D eigenvalue weighted by Crippen LogP contribution is 2.20. The molecule has 0 spiro atoms. The number of hydrogen-bond acceptors (Lipinski definition) is 6. The largest absolute Gasteiger partial charge is 0.497 e. The molecule has 2 heterocycles. The second-order valence-electron chi connectivity index (χ2n) is 4.87. The monoisotopic (exact) mass is 325 g/mol. The van der Waals surface area contributed by atoms with E-state index in [-0.39, 0.29) is 6.61 Å². The predicted octanol–water partition coefficient (Wildman–Crippen LogP) is 3.70. The predicted molar refractivity (Wildman–Crippen MR) is 86.0 cm³/mol. The van der Waals surface area contributed by atoms with Gasteiger partial charge in [-0.2, -0.15) is 0 Å². The lowest BCUT2D eigenvalue weighted by Gasteiger charge is -1.99. The molecule has 0 amide bonds. The van der Waals surface area contributed by atoms with Crippen molar-refractivity contribution in [3.63, 3.8) is 0 Å². The van der Waals surface area contributed by atoms with Gasteiger partial charge in [-0.1, -0.05) is 17.3 Å². The van der Waals surface area contributed by atoms with Crippen LogP contribution in [0.1, 0.15) is 11.3 Å². The van der Waals surface area contributed by atoms with E-state index in [2.05, 4.69) is 5.16 Å². The summed E-state index contributed by atoms with van der Waals surface area (Å²) in [5.74, 6) is 1.35. The number of carbonyl (C=O) groups excluding carboxylic acids is 1. The first-order chi connectivity index (χ1) is 11.7. The fraction of sp³-hybridized carbons (Fsp3) is 0.111. The number of aromatic nitrogens is 1. The number of esters is 1. The van der Waals surface area contributed by atoms with Gasteiger partial charge in [0, 0.05) is 12.1 Å². The van der Waals surface area contributed by atoms with Gasteiger partial charge in [0.05, 0.1) is 13.4 Å². The molecule has 0 aliphatic heterocycles. The molecule has 0 aliphatic carbocycles. The Morgan fingerprint density at radius 3 is 2.75 bits per heavy atom. The van der Waals surface area contributed by atoms with Crippen molar-refractivity contribution >= 4 is 12.0 Å². The van der Waals surface area contributed by atoms with Crippen molar-refractivity contribution in [1.82, 2.24) is 5.16 Å². The van der Waals surface area contributed by atoms with Crippen LogP contribution in [-0.4, -0.2) is 18.2 Å². The summed E-state index contributed by atoms with van der Waals surface area (Å²) in [4.78, 5) is 11.7. The fourth-order valence-electron chi connectivity index (χ4n) is 1.99. The molecule has 0 fully saturated rings. The molecule has 24 heavy (non-hydrogen) atoms. The van der Waals surface area contributed by atoms with Crippen molar-refractivity contribution in [2.45, 2.75) is 6.61 Å². The molecule has 6 heteroatoms. The number of methoxy groups -OCH3 is 1. The molecule has 0 bridgehead atoms. The van der Waals surface area contributed by atoms with Gasteiger partial charge in [0.1, 0.15) is 18.1 Å². The summed E-state index contributed by atoms with van der Waals surface area (Å²) >= 11 is 0. The molecule has 0 saturated carbocycles.